The minimum Gasteiger partial charge on any atom is -0.386 e. The van der Waals surface area contributed by atoms with Gasteiger partial charge >= 0.3 is 0 Å². The van der Waals surface area contributed by atoms with E-state index in [0.717, 1.165) is 19.4 Å². The fourth-order valence-corrected chi connectivity index (χ4v) is 3.48. The molecule has 0 aromatic carbocycles. The SMILES string of the molecule is CC1OCCC1(O)CNC1CC(=O)N2CCCC12. The van der Waals surface area contributed by atoms with Crippen LogP contribution >= 0.6 is 0 Å². The first-order chi connectivity index (χ1) is 8.60. The van der Waals surface area contributed by atoms with Crippen molar-refractivity contribution in [2.45, 2.75) is 56.4 Å². The number of fused-ring (bicyclic) bond motifs is 1. The molecule has 0 radical (unpaired) electrons. The highest BCUT2D eigenvalue weighted by Gasteiger charge is 2.45. The molecule has 0 spiro atoms. The molecule has 0 aromatic rings. The van der Waals surface area contributed by atoms with Crippen LogP contribution in [-0.2, 0) is 9.53 Å². The highest BCUT2D eigenvalue weighted by Crippen LogP contribution is 2.30. The Labute approximate surface area is 107 Å². The molecular formula is C13H22N2O3. The van der Waals surface area contributed by atoms with Gasteiger partial charge in [0.05, 0.1) is 6.10 Å². The standard InChI is InChI=1S/C13H22N2O3/c1-9-13(17,4-6-18-9)8-14-10-7-12(16)15-5-2-3-11(10)15/h9-11,14,17H,2-8H2,1H3. The second-order valence-corrected chi connectivity index (χ2v) is 5.85. The zero-order chi connectivity index (χ0) is 12.8. The molecule has 3 heterocycles. The molecule has 0 aromatic heterocycles. The van der Waals surface area contributed by atoms with Crippen molar-refractivity contribution in [1.82, 2.24) is 10.2 Å². The molecule has 3 fully saturated rings. The number of hydrogen-bond acceptors (Lipinski definition) is 4. The zero-order valence-electron chi connectivity index (χ0n) is 10.9. The molecule has 2 N–H and O–H groups in total. The summed E-state index contributed by atoms with van der Waals surface area (Å²) in [6.07, 6.45) is 3.33. The summed E-state index contributed by atoms with van der Waals surface area (Å²) in [5, 5.41) is 13.8. The Morgan fingerprint density at radius 2 is 2.44 bits per heavy atom. The number of rotatable bonds is 3. The van der Waals surface area contributed by atoms with Crippen LogP contribution in [0.25, 0.3) is 0 Å². The molecule has 1 amide bonds. The van der Waals surface area contributed by atoms with Crippen molar-refractivity contribution in [1.29, 1.82) is 0 Å². The van der Waals surface area contributed by atoms with Gasteiger partial charge in [-0.05, 0) is 19.8 Å². The molecule has 5 nitrogen and oxygen atoms in total. The highest BCUT2D eigenvalue weighted by atomic mass is 16.5. The maximum absolute atomic E-state index is 11.8. The van der Waals surface area contributed by atoms with Crippen molar-refractivity contribution in [3.63, 3.8) is 0 Å². The van der Waals surface area contributed by atoms with Crippen molar-refractivity contribution >= 4 is 5.91 Å². The third-order valence-electron chi connectivity index (χ3n) is 4.81. The third-order valence-corrected chi connectivity index (χ3v) is 4.81. The number of carbonyl (C=O) groups is 1. The van der Waals surface area contributed by atoms with E-state index in [1.807, 2.05) is 11.8 Å². The Balaban J connectivity index is 1.59. The molecule has 0 bridgehead atoms. The van der Waals surface area contributed by atoms with Crippen molar-refractivity contribution < 1.29 is 14.6 Å². The van der Waals surface area contributed by atoms with Crippen LogP contribution < -0.4 is 5.32 Å². The predicted molar refractivity (Wildman–Crippen MR) is 66.1 cm³/mol. The summed E-state index contributed by atoms with van der Waals surface area (Å²) >= 11 is 0. The predicted octanol–water partition coefficient (Wildman–Crippen LogP) is -0.121. The molecule has 3 saturated heterocycles. The molecule has 3 rings (SSSR count). The fraction of sp³-hybridized carbons (Fsp3) is 0.923. The van der Waals surface area contributed by atoms with Crippen LogP contribution in [0, 0.1) is 0 Å². The average Bonchev–Trinajstić information content (AvgIpc) is 2.98. The lowest BCUT2D eigenvalue weighted by molar-refractivity contribution is -0.127. The number of ether oxygens (including phenoxy) is 1. The second-order valence-electron chi connectivity index (χ2n) is 5.85. The molecule has 3 aliphatic heterocycles. The fourth-order valence-electron chi connectivity index (χ4n) is 3.48. The molecule has 3 aliphatic rings. The smallest absolute Gasteiger partial charge is 0.224 e. The van der Waals surface area contributed by atoms with E-state index < -0.39 is 5.60 Å². The summed E-state index contributed by atoms with van der Waals surface area (Å²) in [5.74, 6) is 0.262. The number of aliphatic hydroxyl groups is 1. The van der Waals surface area contributed by atoms with Crippen LogP contribution in [0.4, 0.5) is 0 Å². The third kappa shape index (κ3) is 1.94. The first kappa shape index (κ1) is 12.4. The Morgan fingerprint density at radius 3 is 3.17 bits per heavy atom. The van der Waals surface area contributed by atoms with Gasteiger partial charge in [0, 0.05) is 44.6 Å². The largest absolute Gasteiger partial charge is 0.386 e. The van der Waals surface area contributed by atoms with Gasteiger partial charge in [-0.25, -0.2) is 0 Å². The van der Waals surface area contributed by atoms with Gasteiger partial charge in [-0.15, -0.1) is 0 Å². The lowest BCUT2D eigenvalue weighted by Crippen LogP contribution is -2.50. The number of nitrogens with zero attached hydrogens (tertiary/aromatic N) is 1. The summed E-state index contributed by atoms with van der Waals surface area (Å²) in [6.45, 7) is 3.97. The van der Waals surface area contributed by atoms with E-state index in [9.17, 15) is 9.90 Å². The van der Waals surface area contributed by atoms with E-state index in [4.69, 9.17) is 4.74 Å². The molecule has 0 saturated carbocycles. The molecular weight excluding hydrogens is 232 g/mol. The van der Waals surface area contributed by atoms with Gasteiger partial charge in [0.15, 0.2) is 0 Å². The topological polar surface area (TPSA) is 61.8 Å². The Hall–Kier alpha value is -0.650. The van der Waals surface area contributed by atoms with Crippen molar-refractivity contribution in [3.8, 4) is 0 Å². The van der Waals surface area contributed by atoms with Gasteiger partial charge in [0.1, 0.15) is 5.60 Å². The molecule has 102 valence electrons. The first-order valence-corrected chi connectivity index (χ1v) is 6.97. The van der Waals surface area contributed by atoms with Crippen molar-refractivity contribution in [2.24, 2.45) is 0 Å². The highest BCUT2D eigenvalue weighted by molar-refractivity contribution is 5.80. The van der Waals surface area contributed by atoms with E-state index in [0.29, 0.717) is 32.0 Å². The van der Waals surface area contributed by atoms with Crippen LogP contribution in [0.15, 0.2) is 0 Å². The quantitative estimate of drug-likeness (QED) is 0.737. The number of carbonyl (C=O) groups excluding carboxylic acids is 1. The second kappa shape index (κ2) is 4.47. The van der Waals surface area contributed by atoms with E-state index >= 15 is 0 Å². The molecule has 0 aliphatic carbocycles. The molecule has 5 heteroatoms. The van der Waals surface area contributed by atoms with E-state index in [1.54, 1.807) is 0 Å². The lowest BCUT2D eigenvalue weighted by atomic mass is 9.95. The summed E-state index contributed by atoms with van der Waals surface area (Å²) in [7, 11) is 0. The maximum atomic E-state index is 11.8. The zero-order valence-corrected chi connectivity index (χ0v) is 10.9. The van der Waals surface area contributed by atoms with Crippen molar-refractivity contribution in [3.05, 3.63) is 0 Å². The number of hydrogen-bond donors (Lipinski definition) is 2. The maximum Gasteiger partial charge on any atom is 0.224 e. The molecule has 4 atom stereocenters. The van der Waals surface area contributed by atoms with Gasteiger partial charge in [-0.2, -0.15) is 0 Å². The van der Waals surface area contributed by atoms with E-state index in [1.165, 1.54) is 0 Å². The summed E-state index contributed by atoms with van der Waals surface area (Å²) in [5.41, 5.74) is -0.769. The van der Waals surface area contributed by atoms with Crippen LogP contribution in [0.3, 0.4) is 0 Å². The van der Waals surface area contributed by atoms with E-state index in [-0.39, 0.29) is 18.1 Å². The molecule has 18 heavy (non-hydrogen) atoms. The van der Waals surface area contributed by atoms with Crippen molar-refractivity contribution in [2.75, 3.05) is 19.7 Å². The Bertz CT molecular complexity index is 349. The number of amides is 1. The van der Waals surface area contributed by atoms with Gasteiger partial charge in [-0.1, -0.05) is 0 Å². The van der Waals surface area contributed by atoms with Gasteiger partial charge in [-0.3, -0.25) is 4.79 Å². The van der Waals surface area contributed by atoms with Crippen LogP contribution in [0.1, 0.15) is 32.6 Å². The average molecular weight is 254 g/mol. The minimum absolute atomic E-state index is 0.123. The summed E-state index contributed by atoms with van der Waals surface area (Å²) in [6, 6.07) is 0.551. The summed E-state index contributed by atoms with van der Waals surface area (Å²) < 4.78 is 5.42. The monoisotopic (exact) mass is 254 g/mol. The van der Waals surface area contributed by atoms with Gasteiger partial charge < -0.3 is 20.1 Å². The van der Waals surface area contributed by atoms with Crippen LogP contribution in [0.5, 0.6) is 0 Å². The van der Waals surface area contributed by atoms with Crippen LogP contribution in [0.2, 0.25) is 0 Å². The van der Waals surface area contributed by atoms with E-state index in [2.05, 4.69) is 5.32 Å². The Kier molecular flexibility index (Phi) is 3.08. The Morgan fingerprint density at radius 1 is 1.61 bits per heavy atom. The lowest BCUT2D eigenvalue weighted by Gasteiger charge is -2.29. The number of nitrogens with one attached hydrogen (secondary N) is 1. The van der Waals surface area contributed by atoms with Crippen LogP contribution in [-0.4, -0.2) is 59.4 Å². The normalized spacial score (nSPS) is 43.8. The van der Waals surface area contributed by atoms with Gasteiger partial charge in [0.25, 0.3) is 0 Å². The molecule has 4 unspecified atom stereocenters. The van der Waals surface area contributed by atoms with Gasteiger partial charge in [0.2, 0.25) is 5.91 Å². The summed E-state index contributed by atoms with van der Waals surface area (Å²) in [4.78, 5) is 13.8. The first-order valence-electron chi connectivity index (χ1n) is 6.97. The minimum atomic E-state index is -0.769.